The van der Waals surface area contributed by atoms with Crippen LogP contribution in [-0.4, -0.2) is 65.0 Å². The Hall–Kier alpha value is -3.02. The molecular formula is C22H22N4O5S2. The van der Waals surface area contributed by atoms with Gasteiger partial charge in [0.25, 0.3) is 17.0 Å². The van der Waals surface area contributed by atoms with E-state index in [0.29, 0.717) is 35.5 Å². The number of fused-ring (bicyclic) bond motifs is 1. The van der Waals surface area contributed by atoms with E-state index < -0.39 is 10.0 Å². The van der Waals surface area contributed by atoms with E-state index in [1.807, 2.05) is 0 Å². The van der Waals surface area contributed by atoms with Crippen LogP contribution in [0.4, 0.5) is 0 Å². The van der Waals surface area contributed by atoms with E-state index in [9.17, 15) is 18.0 Å². The van der Waals surface area contributed by atoms with Crippen LogP contribution in [0.2, 0.25) is 0 Å². The molecular weight excluding hydrogens is 464 g/mol. The van der Waals surface area contributed by atoms with Crippen molar-refractivity contribution in [3.63, 3.8) is 0 Å². The third-order valence-electron chi connectivity index (χ3n) is 5.25. The summed E-state index contributed by atoms with van der Waals surface area (Å²) in [5.74, 6) is -0.0548. The van der Waals surface area contributed by atoms with Gasteiger partial charge in [-0.15, -0.1) is 10.2 Å². The number of aromatic nitrogens is 2. The molecule has 1 aliphatic heterocycles. The average Bonchev–Trinajstić information content (AvgIpc) is 3.39. The Morgan fingerprint density at radius 3 is 2.27 bits per heavy atom. The maximum Gasteiger partial charge on any atom is 0.276 e. The highest BCUT2D eigenvalue weighted by atomic mass is 32.2. The molecule has 0 aliphatic carbocycles. The number of hydrogen-bond donors (Lipinski definition) is 0. The van der Waals surface area contributed by atoms with Gasteiger partial charge in [-0.1, -0.05) is 43.8 Å². The Morgan fingerprint density at radius 1 is 0.970 bits per heavy atom. The number of nitrogens with zero attached hydrogens (tertiary/aromatic N) is 4. The van der Waals surface area contributed by atoms with E-state index in [1.54, 1.807) is 50.2 Å². The summed E-state index contributed by atoms with van der Waals surface area (Å²) in [6.45, 7) is 4.52. The van der Waals surface area contributed by atoms with Crippen LogP contribution in [0.5, 0.6) is 0 Å². The van der Waals surface area contributed by atoms with Crippen LogP contribution >= 0.6 is 11.8 Å². The SMILES string of the molecule is CCN(CC)S(=O)(=O)c1cccc(-c2nnc(SCCN3C(=O)c4ccccc4C3=O)o2)c1. The summed E-state index contributed by atoms with van der Waals surface area (Å²) >= 11 is 1.21. The number of benzene rings is 2. The zero-order valence-electron chi connectivity index (χ0n) is 18.1. The van der Waals surface area contributed by atoms with Gasteiger partial charge in [-0.25, -0.2) is 8.42 Å². The normalized spacial score (nSPS) is 13.7. The lowest BCUT2D eigenvalue weighted by Crippen LogP contribution is -2.31. The molecule has 0 saturated carbocycles. The summed E-state index contributed by atoms with van der Waals surface area (Å²) in [6.07, 6.45) is 0. The van der Waals surface area contributed by atoms with Crippen molar-refractivity contribution in [3.05, 3.63) is 59.7 Å². The van der Waals surface area contributed by atoms with Gasteiger partial charge in [-0.2, -0.15) is 4.31 Å². The largest absolute Gasteiger partial charge is 0.411 e. The van der Waals surface area contributed by atoms with Gasteiger partial charge in [-0.05, 0) is 30.3 Å². The summed E-state index contributed by atoms with van der Waals surface area (Å²) in [6, 6.07) is 13.1. The lowest BCUT2D eigenvalue weighted by Gasteiger charge is -2.18. The van der Waals surface area contributed by atoms with Crippen molar-refractivity contribution in [2.75, 3.05) is 25.4 Å². The molecule has 0 fully saturated rings. The molecule has 2 heterocycles. The Morgan fingerprint density at radius 2 is 1.64 bits per heavy atom. The molecule has 0 saturated heterocycles. The fourth-order valence-corrected chi connectivity index (χ4v) is 5.74. The molecule has 33 heavy (non-hydrogen) atoms. The predicted molar refractivity (Wildman–Crippen MR) is 122 cm³/mol. The maximum atomic E-state index is 12.8. The quantitative estimate of drug-likeness (QED) is 0.335. The molecule has 0 bridgehead atoms. The molecule has 2 aromatic carbocycles. The van der Waals surface area contributed by atoms with Gasteiger partial charge >= 0.3 is 0 Å². The van der Waals surface area contributed by atoms with E-state index in [1.165, 1.54) is 33.1 Å². The topological polar surface area (TPSA) is 114 Å². The number of hydrogen-bond acceptors (Lipinski definition) is 8. The van der Waals surface area contributed by atoms with Crippen molar-refractivity contribution in [1.82, 2.24) is 19.4 Å². The molecule has 0 unspecified atom stereocenters. The molecule has 0 radical (unpaired) electrons. The molecule has 1 aliphatic rings. The summed E-state index contributed by atoms with van der Waals surface area (Å²) in [4.78, 5) is 26.2. The van der Waals surface area contributed by atoms with E-state index in [2.05, 4.69) is 10.2 Å². The summed E-state index contributed by atoms with van der Waals surface area (Å²) in [5.41, 5.74) is 1.31. The second-order valence-electron chi connectivity index (χ2n) is 7.15. The average molecular weight is 487 g/mol. The molecule has 1 aromatic heterocycles. The number of carbonyl (C=O) groups excluding carboxylic acids is 2. The molecule has 0 spiro atoms. The van der Waals surface area contributed by atoms with E-state index in [0.717, 1.165) is 0 Å². The van der Waals surface area contributed by atoms with Crippen LogP contribution in [0.1, 0.15) is 34.6 Å². The van der Waals surface area contributed by atoms with Crippen LogP contribution in [0.15, 0.2) is 63.1 Å². The van der Waals surface area contributed by atoms with Crippen LogP contribution in [0.25, 0.3) is 11.5 Å². The van der Waals surface area contributed by atoms with Gasteiger partial charge in [0.15, 0.2) is 0 Å². The minimum atomic E-state index is -3.61. The molecule has 11 heteroatoms. The molecule has 172 valence electrons. The molecule has 2 amide bonds. The lowest BCUT2D eigenvalue weighted by atomic mass is 10.1. The number of imide groups is 1. The monoisotopic (exact) mass is 486 g/mol. The predicted octanol–water partition coefficient (Wildman–Crippen LogP) is 3.16. The van der Waals surface area contributed by atoms with Crippen LogP contribution in [0.3, 0.4) is 0 Å². The molecule has 0 atom stereocenters. The zero-order valence-corrected chi connectivity index (χ0v) is 19.7. The first-order valence-corrected chi connectivity index (χ1v) is 12.8. The Bertz CT molecular complexity index is 1270. The number of sulfonamides is 1. The molecule has 9 nitrogen and oxygen atoms in total. The molecule has 4 rings (SSSR count). The molecule has 0 N–H and O–H groups in total. The van der Waals surface area contributed by atoms with Gasteiger partial charge in [0, 0.05) is 31.0 Å². The van der Waals surface area contributed by atoms with Gasteiger partial charge in [0.2, 0.25) is 15.9 Å². The standard InChI is InChI=1S/C22H22N4O5S2/c1-3-25(4-2)33(29,30)16-9-7-8-15(14-16)19-23-24-22(31-19)32-13-12-26-20(27)17-10-5-6-11-18(17)21(26)28/h5-11,14H,3-4,12-13H2,1-2H3. The summed E-state index contributed by atoms with van der Waals surface area (Å²) < 4.78 is 32.6. The first-order valence-electron chi connectivity index (χ1n) is 10.4. The van der Waals surface area contributed by atoms with Crippen LogP contribution in [-0.2, 0) is 10.0 Å². The second kappa shape index (κ2) is 9.46. The Balaban J connectivity index is 1.42. The van der Waals surface area contributed by atoms with E-state index in [4.69, 9.17) is 4.42 Å². The number of carbonyl (C=O) groups is 2. The number of amides is 2. The number of thioether (sulfide) groups is 1. The van der Waals surface area contributed by atoms with Crippen molar-refractivity contribution >= 4 is 33.6 Å². The minimum Gasteiger partial charge on any atom is -0.411 e. The third-order valence-corrected chi connectivity index (χ3v) is 8.09. The number of rotatable bonds is 9. The Labute approximate surface area is 195 Å². The summed E-state index contributed by atoms with van der Waals surface area (Å²) in [7, 11) is -3.61. The van der Waals surface area contributed by atoms with Crippen LogP contribution < -0.4 is 0 Å². The highest BCUT2D eigenvalue weighted by Crippen LogP contribution is 2.27. The fourth-order valence-electron chi connectivity index (χ4n) is 3.55. The fraction of sp³-hybridized carbons (Fsp3) is 0.273. The van der Waals surface area contributed by atoms with Crippen molar-refractivity contribution < 1.29 is 22.4 Å². The first kappa shape index (κ1) is 23.1. The maximum absolute atomic E-state index is 12.8. The van der Waals surface area contributed by atoms with Crippen molar-refractivity contribution in [2.45, 2.75) is 24.0 Å². The van der Waals surface area contributed by atoms with Crippen molar-refractivity contribution in [1.29, 1.82) is 0 Å². The zero-order chi connectivity index (χ0) is 23.6. The van der Waals surface area contributed by atoms with Gasteiger partial charge in [0.05, 0.1) is 16.0 Å². The van der Waals surface area contributed by atoms with Crippen molar-refractivity contribution in [3.8, 4) is 11.5 Å². The van der Waals surface area contributed by atoms with E-state index in [-0.39, 0.29) is 34.4 Å². The van der Waals surface area contributed by atoms with Crippen molar-refractivity contribution in [2.24, 2.45) is 0 Å². The second-order valence-corrected chi connectivity index (χ2v) is 10.1. The third kappa shape index (κ3) is 4.43. The smallest absolute Gasteiger partial charge is 0.276 e. The van der Waals surface area contributed by atoms with Gasteiger partial charge in [-0.3, -0.25) is 14.5 Å². The summed E-state index contributed by atoms with van der Waals surface area (Å²) in [5, 5.41) is 8.27. The minimum absolute atomic E-state index is 0.154. The molecule has 3 aromatic rings. The first-order chi connectivity index (χ1) is 15.9. The Kier molecular flexibility index (Phi) is 6.63. The van der Waals surface area contributed by atoms with E-state index >= 15 is 0 Å². The van der Waals surface area contributed by atoms with Gasteiger partial charge in [0.1, 0.15) is 0 Å². The highest BCUT2D eigenvalue weighted by molar-refractivity contribution is 7.99. The van der Waals surface area contributed by atoms with Crippen LogP contribution in [0, 0.1) is 0 Å². The van der Waals surface area contributed by atoms with Gasteiger partial charge < -0.3 is 4.42 Å². The highest BCUT2D eigenvalue weighted by Gasteiger charge is 2.34. The lowest BCUT2D eigenvalue weighted by molar-refractivity contribution is 0.0664.